The van der Waals surface area contributed by atoms with Gasteiger partial charge in [0.15, 0.2) is 0 Å². The quantitative estimate of drug-likeness (QED) is 0.662. The summed E-state index contributed by atoms with van der Waals surface area (Å²) < 4.78 is 35.0. The van der Waals surface area contributed by atoms with Crippen LogP contribution in [0.2, 0.25) is 0 Å². The number of rotatable bonds is 5. The molecular formula is C8H11F3N2O2. The van der Waals surface area contributed by atoms with E-state index >= 15 is 0 Å². The SMILES string of the molecule is C=CCNC(=O)CCNC(=O)C(F)(F)F. The van der Waals surface area contributed by atoms with E-state index in [4.69, 9.17) is 0 Å². The molecule has 0 aliphatic carbocycles. The van der Waals surface area contributed by atoms with E-state index in [1.54, 1.807) is 5.32 Å². The second-order valence-electron chi connectivity index (χ2n) is 2.60. The van der Waals surface area contributed by atoms with Gasteiger partial charge in [0.25, 0.3) is 0 Å². The fraction of sp³-hybridized carbons (Fsp3) is 0.500. The predicted octanol–water partition coefficient (Wildman–Crippen LogP) is 0.357. The van der Waals surface area contributed by atoms with Crippen molar-refractivity contribution in [2.45, 2.75) is 12.6 Å². The van der Waals surface area contributed by atoms with Crippen LogP contribution >= 0.6 is 0 Å². The third kappa shape index (κ3) is 6.53. The highest BCUT2D eigenvalue weighted by molar-refractivity contribution is 5.82. The molecule has 0 saturated heterocycles. The zero-order valence-corrected chi connectivity index (χ0v) is 7.86. The van der Waals surface area contributed by atoms with Crippen molar-refractivity contribution in [2.75, 3.05) is 13.1 Å². The van der Waals surface area contributed by atoms with Gasteiger partial charge < -0.3 is 10.6 Å². The van der Waals surface area contributed by atoms with Crippen LogP contribution in [0.1, 0.15) is 6.42 Å². The lowest BCUT2D eigenvalue weighted by Crippen LogP contribution is -2.38. The van der Waals surface area contributed by atoms with E-state index in [9.17, 15) is 22.8 Å². The van der Waals surface area contributed by atoms with Crippen LogP contribution in [0.25, 0.3) is 0 Å². The average molecular weight is 224 g/mol. The van der Waals surface area contributed by atoms with Gasteiger partial charge >= 0.3 is 12.1 Å². The Morgan fingerprint density at radius 1 is 1.27 bits per heavy atom. The number of hydrogen-bond donors (Lipinski definition) is 2. The zero-order valence-electron chi connectivity index (χ0n) is 7.86. The molecule has 15 heavy (non-hydrogen) atoms. The standard InChI is InChI=1S/C8H11F3N2O2/c1-2-4-12-6(14)3-5-13-7(15)8(9,10)11/h2H,1,3-5H2,(H,12,14)(H,13,15). The van der Waals surface area contributed by atoms with Gasteiger partial charge in [0.2, 0.25) is 5.91 Å². The highest BCUT2D eigenvalue weighted by Crippen LogP contribution is 2.13. The van der Waals surface area contributed by atoms with Gasteiger partial charge in [0.05, 0.1) is 0 Å². The second kappa shape index (κ2) is 6.05. The largest absolute Gasteiger partial charge is 0.471 e. The van der Waals surface area contributed by atoms with Gasteiger partial charge in [-0.3, -0.25) is 9.59 Å². The number of amides is 2. The molecule has 0 bridgehead atoms. The van der Waals surface area contributed by atoms with Crippen molar-refractivity contribution in [3.63, 3.8) is 0 Å². The van der Waals surface area contributed by atoms with E-state index in [0.29, 0.717) is 0 Å². The Kier molecular flexibility index (Phi) is 5.43. The monoisotopic (exact) mass is 224 g/mol. The lowest BCUT2D eigenvalue weighted by Gasteiger charge is -2.07. The molecule has 86 valence electrons. The number of hydrogen-bond acceptors (Lipinski definition) is 2. The predicted molar refractivity (Wildman–Crippen MR) is 46.9 cm³/mol. The molecule has 0 spiro atoms. The molecule has 0 atom stereocenters. The summed E-state index contributed by atoms with van der Waals surface area (Å²) in [6.07, 6.45) is -3.67. The lowest BCUT2D eigenvalue weighted by atomic mass is 10.4. The Morgan fingerprint density at radius 3 is 2.33 bits per heavy atom. The smallest absolute Gasteiger partial charge is 0.353 e. The number of nitrogens with one attached hydrogen (secondary N) is 2. The molecule has 0 aliphatic heterocycles. The van der Waals surface area contributed by atoms with E-state index in [1.807, 2.05) is 0 Å². The zero-order chi connectivity index (χ0) is 11.9. The van der Waals surface area contributed by atoms with E-state index in [1.165, 1.54) is 6.08 Å². The van der Waals surface area contributed by atoms with Crippen LogP contribution in [0.3, 0.4) is 0 Å². The summed E-state index contributed by atoms with van der Waals surface area (Å²) in [5.41, 5.74) is 0. The first-order chi connectivity index (χ1) is 6.88. The number of halogens is 3. The molecule has 0 unspecified atom stereocenters. The molecule has 2 amide bonds. The third-order valence-corrected chi connectivity index (χ3v) is 1.34. The van der Waals surface area contributed by atoms with Crippen LogP contribution in [0, 0.1) is 0 Å². The van der Waals surface area contributed by atoms with Crippen molar-refractivity contribution in [2.24, 2.45) is 0 Å². The van der Waals surface area contributed by atoms with E-state index < -0.39 is 18.0 Å². The van der Waals surface area contributed by atoms with Gasteiger partial charge in [-0.1, -0.05) is 6.08 Å². The van der Waals surface area contributed by atoms with Gasteiger partial charge in [-0.05, 0) is 0 Å². The molecular weight excluding hydrogens is 213 g/mol. The van der Waals surface area contributed by atoms with Crippen LogP contribution in [-0.4, -0.2) is 31.1 Å². The first-order valence-corrected chi connectivity index (χ1v) is 4.10. The van der Waals surface area contributed by atoms with Gasteiger partial charge in [-0.2, -0.15) is 13.2 Å². The fourth-order valence-corrected chi connectivity index (χ4v) is 0.664. The molecule has 0 radical (unpaired) electrons. The van der Waals surface area contributed by atoms with Gasteiger partial charge in [0.1, 0.15) is 0 Å². The molecule has 0 aromatic carbocycles. The van der Waals surface area contributed by atoms with Crippen molar-refractivity contribution >= 4 is 11.8 Å². The van der Waals surface area contributed by atoms with Crippen molar-refractivity contribution in [3.05, 3.63) is 12.7 Å². The van der Waals surface area contributed by atoms with Crippen LogP contribution in [-0.2, 0) is 9.59 Å². The highest BCUT2D eigenvalue weighted by atomic mass is 19.4. The molecule has 0 aromatic heterocycles. The minimum Gasteiger partial charge on any atom is -0.353 e. The van der Waals surface area contributed by atoms with Crippen LogP contribution in [0.4, 0.5) is 13.2 Å². The summed E-state index contributed by atoms with van der Waals surface area (Å²) >= 11 is 0. The summed E-state index contributed by atoms with van der Waals surface area (Å²) in [5, 5.41) is 3.93. The third-order valence-electron chi connectivity index (χ3n) is 1.34. The number of carbonyl (C=O) groups excluding carboxylic acids is 2. The maximum absolute atomic E-state index is 11.7. The molecule has 2 N–H and O–H groups in total. The summed E-state index contributed by atoms with van der Waals surface area (Å²) in [6.45, 7) is 3.24. The Morgan fingerprint density at radius 2 is 1.87 bits per heavy atom. The first kappa shape index (κ1) is 13.5. The maximum atomic E-state index is 11.7. The summed E-state index contributed by atoms with van der Waals surface area (Å²) in [4.78, 5) is 21.1. The van der Waals surface area contributed by atoms with Gasteiger partial charge in [-0.25, -0.2) is 0 Å². The number of alkyl halides is 3. The van der Waals surface area contributed by atoms with Gasteiger partial charge in [0, 0.05) is 19.5 Å². The highest BCUT2D eigenvalue weighted by Gasteiger charge is 2.38. The van der Waals surface area contributed by atoms with Gasteiger partial charge in [-0.15, -0.1) is 6.58 Å². The molecule has 0 rings (SSSR count). The molecule has 0 heterocycles. The minimum atomic E-state index is -4.91. The van der Waals surface area contributed by atoms with Crippen LogP contribution in [0.15, 0.2) is 12.7 Å². The second-order valence-corrected chi connectivity index (χ2v) is 2.60. The first-order valence-electron chi connectivity index (χ1n) is 4.10. The van der Waals surface area contributed by atoms with Crippen LogP contribution in [0.5, 0.6) is 0 Å². The normalized spacial score (nSPS) is 10.6. The van der Waals surface area contributed by atoms with Crippen molar-refractivity contribution in [1.82, 2.24) is 10.6 Å². The Balaban J connectivity index is 3.66. The number of carbonyl (C=O) groups is 2. The molecule has 7 heteroatoms. The summed E-state index contributed by atoms with van der Waals surface area (Å²) in [6, 6.07) is 0. The van der Waals surface area contributed by atoms with Crippen LogP contribution < -0.4 is 10.6 Å². The molecule has 0 saturated carbocycles. The minimum absolute atomic E-state index is 0.199. The van der Waals surface area contributed by atoms with E-state index in [0.717, 1.165) is 0 Å². The summed E-state index contributed by atoms with van der Waals surface area (Å²) in [5.74, 6) is -2.49. The topological polar surface area (TPSA) is 58.2 Å². The van der Waals surface area contributed by atoms with Crippen molar-refractivity contribution < 1.29 is 22.8 Å². The Hall–Kier alpha value is -1.53. The van der Waals surface area contributed by atoms with Crippen molar-refractivity contribution in [1.29, 1.82) is 0 Å². The van der Waals surface area contributed by atoms with E-state index in [-0.39, 0.29) is 19.5 Å². The summed E-state index contributed by atoms with van der Waals surface area (Å²) in [7, 11) is 0. The lowest BCUT2D eigenvalue weighted by molar-refractivity contribution is -0.173. The fourth-order valence-electron chi connectivity index (χ4n) is 0.664. The molecule has 4 nitrogen and oxygen atoms in total. The Labute approximate surface area is 84.5 Å². The molecule has 0 aromatic rings. The Bertz CT molecular complexity index is 251. The van der Waals surface area contributed by atoms with E-state index in [2.05, 4.69) is 11.9 Å². The maximum Gasteiger partial charge on any atom is 0.471 e. The molecule has 0 fully saturated rings. The molecule has 0 aliphatic rings. The van der Waals surface area contributed by atoms with Crippen molar-refractivity contribution in [3.8, 4) is 0 Å². The average Bonchev–Trinajstić information content (AvgIpc) is 2.13.